The van der Waals surface area contributed by atoms with E-state index in [1.807, 2.05) is 23.1 Å². The van der Waals surface area contributed by atoms with Crippen LogP contribution in [0.4, 0.5) is 0 Å². The standard InChI is InChI=1S/C14H27N3/c1-2-3-4-5-6-7-10-15-11-8-13-17-14-9-12-16-17/h9,12,14-15H,2-8,10-11,13H2,1H3. The Morgan fingerprint density at radius 1 is 1.00 bits per heavy atom. The van der Waals surface area contributed by atoms with Crippen LogP contribution in [0.3, 0.4) is 0 Å². The van der Waals surface area contributed by atoms with Crippen molar-refractivity contribution >= 4 is 0 Å². The maximum Gasteiger partial charge on any atom is 0.0489 e. The first kappa shape index (κ1) is 14.2. The van der Waals surface area contributed by atoms with Crippen LogP contribution < -0.4 is 5.32 Å². The lowest BCUT2D eigenvalue weighted by Gasteiger charge is -2.05. The van der Waals surface area contributed by atoms with E-state index < -0.39 is 0 Å². The number of nitrogens with one attached hydrogen (secondary N) is 1. The molecule has 0 aromatic carbocycles. The van der Waals surface area contributed by atoms with Crippen molar-refractivity contribution in [3.63, 3.8) is 0 Å². The molecule has 0 bridgehead atoms. The van der Waals surface area contributed by atoms with Crippen LogP contribution >= 0.6 is 0 Å². The fraction of sp³-hybridized carbons (Fsp3) is 0.786. The molecule has 0 fully saturated rings. The van der Waals surface area contributed by atoms with Crippen molar-refractivity contribution in [3.8, 4) is 0 Å². The van der Waals surface area contributed by atoms with Gasteiger partial charge in [0.05, 0.1) is 0 Å². The zero-order chi connectivity index (χ0) is 12.2. The highest BCUT2D eigenvalue weighted by molar-refractivity contribution is 4.77. The molecule has 1 N–H and O–H groups in total. The molecular formula is C14H27N3. The Morgan fingerprint density at radius 2 is 1.76 bits per heavy atom. The molecule has 0 spiro atoms. The normalized spacial score (nSPS) is 10.9. The van der Waals surface area contributed by atoms with Crippen LogP contribution in [0.15, 0.2) is 18.5 Å². The number of hydrogen-bond donors (Lipinski definition) is 1. The minimum Gasteiger partial charge on any atom is -0.317 e. The van der Waals surface area contributed by atoms with Crippen molar-refractivity contribution < 1.29 is 0 Å². The van der Waals surface area contributed by atoms with Gasteiger partial charge in [0.15, 0.2) is 0 Å². The summed E-state index contributed by atoms with van der Waals surface area (Å²) in [4.78, 5) is 0. The zero-order valence-electron chi connectivity index (χ0n) is 11.2. The Labute approximate surface area is 106 Å². The van der Waals surface area contributed by atoms with Gasteiger partial charge in [-0.15, -0.1) is 0 Å². The molecule has 98 valence electrons. The fourth-order valence-corrected chi connectivity index (χ4v) is 1.95. The predicted octanol–water partition coefficient (Wildman–Crippen LogP) is 3.22. The second-order valence-corrected chi connectivity index (χ2v) is 4.64. The lowest BCUT2D eigenvalue weighted by molar-refractivity contribution is 0.525. The van der Waals surface area contributed by atoms with E-state index in [0.717, 1.165) is 19.5 Å². The summed E-state index contributed by atoms with van der Waals surface area (Å²) in [5, 5.41) is 7.68. The van der Waals surface area contributed by atoms with Crippen molar-refractivity contribution in [2.45, 2.75) is 58.4 Å². The van der Waals surface area contributed by atoms with Crippen LogP contribution in [0.2, 0.25) is 0 Å². The van der Waals surface area contributed by atoms with Gasteiger partial charge in [-0.05, 0) is 32.0 Å². The third-order valence-electron chi connectivity index (χ3n) is 3.01. The van der Waals surface area contributed by atoms with E-state index in [2.05, 4.69) is 17.3 Å². The lowest BCUT2D eigenvalue weighted by atomic mass is 10.1. The van der Waals surface area contributed by atoms with Crippen LogP contribution in [0, 0.1) is 0 Å². The van der Waals surface area contributed by atoms with E-state index in [0.29, 0.717) is 0 Å². The van der Waals surface area contributed by atoms with Gasteiger partial charge in [-0.3, -0.25) is 4.68 Å². The Kier molecular flexibility index (Phi) is 8.65. The molecule has 1 heterocycles. The summed E-state index contributed by atoms with van der Waals surface area (Å²) in [7, 11) is 0. The number of unbranched alkanes of at least 4 members (excludes halogenated alkanes) is 5. The number of hydrogen-bond acceptors (Lipinski definition) is 2. The molecule has 3 heteroatoms. The van der Waals surface area contributed by atoms with Crippen LogP contribution in [-0.4, -0.2) is 22.9 Å². The summed E-state index contributed by atoms with van der Waals surface area (Å²) in [6, 6.07) is 1.98. The number of aromatic nitrogens is 2. The summed E-state index contributed by atoms with van der Waals surface area (Å²) in [5.41, 5.74) is 0. The van der Waals surface area contributed by atoms with Crippen LogP contribution in [0.25, 0.3) is 0 Å². The van der Waals surface area contributed by atoms with Gasteiger partial charge in [0, 0.05) is 18.9 Å². The molecule has 0 amide bonds. The van der Waals surface area contributed by atoms with Crippen molar-refractivity contribution in [1.29, 1.82) is 0 Å². The highest BCUT2D eigenvalue weighted by atomic mass is 15.3. The summed E-state index contributed by atoms with van der Waals surface area (Å²) in [6.07, 6.45) is 13.3. The van der Waals surface area contributed by atoms with Gasteiger partial charge in [0.2, 0.25) is 0 Å². The predicted molar refractivity (Wildman–Crippen MR) is 73.1 cm³/mol. The Morgan fingerprint density at radius 3 is 2.53 bits per heavy atom. The van der Waals surface area contributed by atoms with E-state index in [1.165, 1.54) is 45.1 Å². The van der Waals surface area contributed by atoms with Crippen LogP contribution in [0.5, 0.6) is 0 Å². The molecule has 0 aliphatic carbocycles. The van der Waals surface area contributed by atoms with Gasteiger partial charge in [0.25, 0.3) is 0 Å². The maximum absolute atomic E-state index is 4.18. The minimum atomic E-state index is 1.02. The molecule has 0 aliphatic heterocycles. The van der Waals surface area contributed by atoms with E-state index in [9.17, 15) is 0 Å². The third-order valence-corrected chi connectivity index (χ3v) is 3.01. The number of aryl methyl sites for hydroxylation is 1. The molecule has 0 atom stereocenters. The summed E-state index contributed by atoms with van der Waals surface area (Å²) in [6.45, 7) is 5.57. The molecule has 0 radical (unpaired) electrons. The molecule has 3 nitrogen and oxygen atoms in total. The molecule has 0 aliphatic rings. The van der Waals surface area contributed by atoms with Crippen molar-refractivity contribution in [2.24, 2.45) is 0 Å². The molecule has 1 rings (SSSR count). The van der Waals surface area contributed by atoms with E-state index in [-0.39, 0.29) is 0 Å². The largest absolute Gasteiger partial charge is 0.317 e. The smallest absolute Gasteiger partial charge is 0.0489 e. The van der Waals surface area contributed by atoms with E-state index in [4.69, 9.17) is 0 Å². The van der Waals surface area contributed by atoms with Crippen molar-refractivity contribution in [3.05, 3.63) is 18.5 Å². The van der Waals surface area contributed by atoms with Crippen molar-refractivity contribution in [2.75, 3.05) is 13.1 Å². The van der Waals surface area contributed by atoms with Gasteiger partial charge in [0.1, 0.15) is 0 Å². The Bertz CT molecular complexity index is 244. The first-order chi connectivity index (χ1) is 8.43. The van der Waals surface area contributed by atoms with Crippen LogP contribution in [-0.2, 0) is 6.54 Å². The summed E-state index contributed by atoms with van der Waals surface area (Å²) in [5.74, 6) is 0. The lowest BCUT2D eigenvalue weighted by Crippen LogP contribution is -2.18. The van der Waals surface area contributed by atoms with E-state index in [1.54, 1.807) is 0 Å². The zero-order valence-corrected chi connectivity index (χ0v) is 11.2. The first-order valence-electron chi connectivity index (χ1n) is 7.11. The summed E-state index contributed by atoms with van der Waals surface area (Å²) >= 11 is 0. The van der Waals surface area contributed by atoms with E-state index >= 15 is 0 Å². The number of nitrogens with zero attached hydrogens (tertiary/aromatic N) is 2. The molecule has 1 aromatic rings. The van der Waals surface area contributed by atoms with Crippen molar-refractivity contribution in [1.82, 2.24) is 15.1 Å². The SMILES string of the molecule is CCCCCCCCNCCCn1cccn1. The third kappa shape index (κ3) is 7.97. The number of rotatable bonds is 11. The Hall–Kier alpha value is -0.830. The second-order valence-electron chi connectivity index (χ2n) is 4.64. The Balaban J connectivity index is 1.76. The van der Waals surface area contributed by atoms with Gasteiger partial charge in [-0.25, -0.2) is 0 Å². The molecule has 0 saturated heterocycles. The van der Waals surface area contributed by atoms with Gasteiger partial charge in [-0.2, -0.15) is 5.10 Å². The van der Waals surface area contributed by atoms with Gasteiger partial charge < -0.3 is 5.32 Å². The molecule has 0 unspecified atom stereocenters. The maximum atomic E-state index is 4.18. The molecule has 17 heavy (non-hydrogen) atoms. The quantitative estimate of drug-likeness (QED) is 0.599. The average molecular weight is 237 g/mol. The summed E-state index contributed by atoms with van der Waals surface area (Å²) < 4.78 is 1.99. The highest BCUT2D eigenvalue weighted by Crippen LogP contribution is 2.03. The molecular weight excluding hydrogens is 210 g/mol. The fourth-order valence-electron chi connectivity index (χ4n) is 1.95. The first-order valence-corrected chi connectivity index (χ1v) is 7.11. The van der Waals surface area contributed by atoms with Gasteiger partial charge in [-0.1, -0.05) is 39.0 Å². The second kappa shape index (κ2) is 10.3. The topological polar surface area (TPSA) is 29.9 Å². The average Bonchev–Trinajstić information content (AvgIpc) is 2.85. The van der Waals surface area contributed by atoms with Crippen LogP contribution in [0.1, 0.15) is 51.9 Å². The molecule has 1 aromatic heterocycles. The van der Waals surface area contributed by atoms with Gasteiger partial charge >= 0.3 is 0 Å². The highest BCUT2D eigenvalue weighted by Gasteiger charge is 1.92. The minimum absolute atomic E-state index is 1.02. The monoisotopic (exact) mass is 237 g/mol. The molecule has 0 saturated carbocycles.